The van der Waals surface area contributed by atoms with E-state index < -0.39 is 35.0 Å². The summed E-state index contributed by atoms with van der Waals surface area (Å²) >= 11 is 6.83. The Bertz CT molecular complexity index is 2200. The molecule has 0 fully saturated rings. The maximum absolute atomic E-state index is 14.5. The second kappa shape index (κ2) is 13.1. The monoisotopic (exact) mass is 678 g/mol. The molecule has 4 aromatic carbocycles. The molecule has 0 bridgehead atoms. The van der Waals surface area contributed by atoms with E-state index in [-0.39, 0.29) is 28.1 Å². The van der Waals surface area contributed by atoms with Gasteiger partial charge in [0.25, 0.3) is 5.56 Å². The van der Waals surface area contributed by atoms with Crippen molar-refractivity contribution < 1.29 is 32.2 Å². The first kappa shape index (κ1) is 32.1. The Kier molecular flexibility index (Phi) is 8.94. The normalized spacial score (nSPS) is 14.9. The summed E-state index contributed by atoms with van der Waals surface area (Å²) in [6, 6.07) is 23.3. The average molecular weight is 679 g/mol. The number of carbonyl (C=O) groups excluding carboxylic acids is 1. The van der Waals surface area contributed by atoms with Gasteiger partial charge in [0.15, 0.2) is 22.0 Å². The molecule has 0 N–H and O–H groups in total. The Labute approximate surface area is 275 Å². The maximum Gasteiger partial charge on any atom is 0.434 e. The topological polar surface area (TPSA) is 79.1 Å². The van der Waals surface area contributed by atoms with Crippen LogP contribution in [0.3, 0.4) is 0 Å². The van der Waals surface area contributed by atoms with E-state index in [4.69, 9.17) is 25.8 Å². The van der Waals surface area contributed by atoms with Gasteiger partial charge in [-0.2, -0.15) is 13.2 Å². The highest BCUT2D eigenvalue weighted by atomic mass is 35.5. The van der Waals surface area contributed by atoms with Crippen LogP contribution in [0.25, 0.3) is 16.8 Å². The third-order valence-electron chi connectivity index (χ3n) is 7.55. The number of thiazole rings is 1. The summed E-state index contributed by atoms with van der Waals surface area (Å²) < 4.78 is 61.4. The fraction of sp³-hybridized carbons (Fsp3) is 0.171. The van der Waals surface area contributed by atoms with Crippen molar-refractivity contribution in [3.63, 3.8) is 0 Å². The van der Waals surface area contributed by atoms with Gasteiger partial charge >= 0.3 is 12.1 Å². The van der Waals surface area contributed by atoms with E-state index in [0.29, 0.717) is 22.1 Å². The number of rotatable bonds is 8. The number of para-hydroxylation sites is 1. The number of aromatic nitrogens is 1. The Hall–Kier alpha value is -4.87. The van der Waals surface area contributed by atoms with E-state index in [1.165, 1.54) is 44.4 Å². The average Bonchev–Trinajstić information content (AvgIpc) is 3.37. The molecule has 0 saturated heterocycles. The summed E-state index contributed by atoms with van der Waals surface area (Å²) in [5, 5.41) is 2.39. The highest BCUT2D eigenvalue weighted by Crippen LogP contribution is 2.39. The van der Waals surface area contributed by atoms with Crippen LogP contribution in [0.5, 0.6) is 11.5 Å². The number of hydrogen-bond donors (Lipinski definition) is 0. The number of methoxy groups -OCH3 is 1. The SMILES string of the molecule is CCOC(=O)C1=C(C(F)(F)F)N=c2s/c(=C\c3cccc(OC)c3OCc3cccc4ccccc34)c(=O)n2[C@H]1c1ccc(Cl)cc1. The maximum atomic E-state index is 14.5. The van der Waals surface area contributed by atoms with Crippen molar-refractivity contribution in [2.24, 2.45) is 4.99 Å². The molecule has 0 radical (unpaired) electrons. The number of carbonyl (C=O) groups is 1. The lowest BCUT2D eigenvalue weighted by Gasteiger charge is -2.26. The largest absolute Gasteiger partial charge is 0.493 e. The van der Waals surface area contributed by atoms with E-state index in [2.05, 4.69) is 4.99 Å². The van der Waals surface area contributed by atoms with Crippen LogP contribution in [0.15, 0.2) is 106 Å². The van der Waals surface area contributed by atoms with Gasteiger partial charge in [-0.05, 0) is 53.1 Å². The molecule has 47 heavy (non-hydrogen) atoms. The van der Waals surface area contributed by atoms with Gasteiger partial charge in [-0.15, -0.1) is 0 Å². The van der Waals surface area contributed by atoms with Crippen molar-refractivity contribution in [2.75, 3.05) is 13.7 Å². The molecule has 0 unspecified atom stereocenters. The molecule has 7 nitrogen and oxygen atoms in total. The van der Waals surface area contributed by atoms with Gasteiger partial charge in [0.1, 0.15) is 6.61 Å². The van der Waals surface area contributed by atoms with E-state index in [1.807, 2.05) is 42.5 Å². The summed E-state index contributed by atoms with van der Waals surface area (Å²) in [4.78, 5) is 30.7. The Morgan fingerprint density at radius 2 is 1.74 bits per heavy atom. The van der Waals surface area contributed by atoms with Crippen LogP contribution in [0, 0.1) is 0 Å². The van der Waals surface area contributed by atoms with Gasteiger partial charge in [-0.25, -0.2) is 9.79 Å². The van der Waals surface area contributed by atoms with Crippen molar-refractivity contribution in [1.82, 2.24) is 4.57 Å². The number of halogens is 4. The number of benzene rings is 4. The van der Waals surface area contributed by atoms with Crippen LogP contribution in [-0.2, 0) is 16.1 Å². The number of hydrogen-bond acceptors (Lipinski definition) is 7. The molecule has 12 heteroatoms. The molecule has 1 aromatic heterocycles. The second-order valence-corrected chi connectivity index (χ2v) is 11.9. The fourth-order valence-corrected chi connectivity index (χ4v) is 6.59. The predicted octanol–water partition coefficient (Wildman–Crippen LogP) is 6.73. The van der Waals surface area contributed by atoms with Crippen LogP contribution in [-0.4, -0.2) is 30.4 Å². The van der Waals surface area contributed by atoms with Crippen molar-refractivity contribution in [3.05, 3.63) is 138 Å². The Balaban J connectivity index is 1.51. The second-order valence-electron chi connectivity index (χ2n) is 10.4. The molecule has 1 aliphatic heterocycles. The third kappa shape index (κ3) is 6.28. The standard InChI is InChI=1S/C35H26ClF3N2O5S/c1-3-45-33(43)28-29(21-14-16-24(36)17-15-21)41-32(42)27(47-34(41)40-31(28)35(37,38)39)18-22-10-7-13-26(44-2)30(22)46-19-23-11-6-9-20-8-4-5-12-25(20)23/h4-18,29H,3,19H2,1-2H3/b27-18-/t29-/m0/s1. The molecular weight excluding hydrogens is 653 g/mol. The van der Waals surface area contributed by atoms with Crippen molar-refractivity contribution >= 4 is 45.8 Å². The molecule has 0 spiro atoms. The van der Waals surface area contributed by atoms with Crippen molar-refractivity contribution in [3.8, 4) is 11.5 Å². The first-order valence-corrected chi connectivity index (χ1v) is 15.6. The quantitative estimate of drug-likeness (QED) is 0.170. The summed E-state index contributed by atoms with van der Waals surface area (Å²) in [6.07, 6.45) is -3.50. The number of allylic oxidation sites excluding steroid dienone is 1. The van der Waals surface area contributed by atoms with Gasteiger partial charge in [0, 0.05) is 10.6 Å². The van der Waals surface area contributed by atoms with Gasteiger partial charge in [0.05, 0.1) is 29.9 Å². The molecule has 0 saturated carbocycles. The highest BCUT2D eigenvalue weighted by Gasteiger charge is 2.45. The van der Waals surface area contributed by atoms with E-state index >= 15 is 0 Å². The minimum atomic E-state index is -5.02. The molecule has 240 valence electrons. The molecular formula is C35H26ClF3N2O5S. The summed E-state index contributed by atoms with van der Waals surface area (Å²) in [7, 11) is 1.49. The third-order valence-corrected chi connectivity index (χ3v) is 8.78. The molecule has 6 rings (SSSR count). The summed E-state index contributed by atoms with van der Waals surface area (Å²) in [5.74, 6) is -0.490. The molecule has 0 amide bonds. The smallest absolute Gasteiger partial charge is 0.434 e. The van der Waals surface area contributed by atoms with Gasteiger partial charge in [-0.3, -0.25) is 9.36 Å². The van der Waals surface area contributed by atoms with E-state index in [9.17, 15) is 22.8 Å². The van der Waals surface area contributed by atoms with Crippen LogP contribution < -0.4 is 24.4 Å². The lowest BCUT2D eigenvalue weighted by molar-refractivity contribution is -0.140. The van der Waals surface area contributed by atoms with Crippen molar-refractivity contribution in [2.45, 2.75) is 25.7 Å². The zero-order chi connectivity index (χ0) is 33.3. The Morgan fingerprint density at radius 1 is 1.02 bits per heavy atom. The molecule has 0 aliphatic carbocycles. The highest BCUT2D eigenvalue weighted by molar-refractivity contribution is 7.07. The number of alkyl halides is 3. The zero-order valence-electron chi connectivity index (χ0n) is 25.0. The lowest BCUT2D eigenvalue weighted by Crippen LogP contribution is -2.41. The van der Waals surface area contributed by atoms with E-state index in [1.54, 1.807) is 18.2 Å². The summed E-state index contributed by atoms with van der Waals surface area (Å²) in [5.41, 5.74) is -1.26. The minimum absolute atomic E-state index is 0.0672. The predicted molar refractivity (Wildman–Crippen MR) is 174 cm³/mol. The number of esters is 1. The molecule has 2 heterocycles. The molecule has 1 aliphatic rings. The van der Waals surface area contributed by atoms with Gasteiger partial charge in [0.2, 0.25) is 0 Å². The minimum Gasteiger partial charge on any atom is -0.493 e. The summed E-state index contributed by atoms with van der Waals surface area (Å²) in [6.45, 7) is 1.48. The van der Waals surface area contributed by atoms with Gasteiger partial charge in [-0.1, -0.05) is 89.7 Å². The molecule has 5 aromatic rings. The van der Waals surface area contributed by atoms with Crippen molar-refractivity contribution in [1.29, 1.82) is 0 Å². The van der Waals surface area contributed by atoms with Crippen LogP contribution in [0.2, 0.25) is 5.02 Å². The number of fused-ring (bicyclic) bond motifs is 2. The first-order chi connectivity index (χ1) is 22.6. The zero-order valence-corrected chi connectivity index (χ0v) is 26.6. The van der Waals surface area contributed by atoms with E-state index in [0.717, 1.165) is 32.2 Å². The van der Waals surface area contributed by atoms with Crippen LogP contribution in [0.1, 0.15) is 29.7 Å². The number of ether oxygens (including phenoxy) is 3. The molecule has 1 atom stereocenters. The first-order valence-electron chi connectivity index (χ1n) is 14.4. The fourth-order valence-electron chi connectivity index (χ4n) is 5.47. The van der Waals surface area contributed by atoms with Crippen LogP contribution in [0.4, 0.5) is 13.2 Å². The van der Waals surface area contributed by atoms with Gasteiger partial charge < -0.3 is 14.2 Å². The lowest BCUT2D eigenvalue weighted by atomic mass is 9.95. The number of nitrogens with zero attached hydrogens (tertiary/aromatic N) is 2. The Morgan fingerprint density at radius 3 is 2.47 bits per heavy atom. The van der Waals surface area contributed by atoms with Crippen LogP contribution >= 0.6 is 22.9 Å².